The molecule has 128 valence electrons. The van der Waals surface area contributed by atoms with Crippen molar-refractivity contribution in [1.82, 2.24) is 25.1 Å². The van der Waals surface area contributed by atoms with Crippen LogP contribution in [0.1, 0.15) is 17.7 Å². The smallest absolute Gasteiger partial charge is 0.232 e. The molecule has 0 atom stereocenters. The molecule has 1 fully saturated rings. The fraction of sp³-hybridized carbons (Fsp3) is 0.375. The van der Waals surface area contributed by atoms with Gasteiger partial charge >= 0.3 is 0 Å². The molecule has 0 amide bonds. The fourth-order valence-corrected chi connectivity index (χ4v) is 4.11. The first-order valence-electron chi connectivity index (χ1n) is 8.26. The minimum absolute atomic E-state index is 0.482. The standard InChI is InChI=1S/C16H17N7OS/c1-24-12-4-6-17-15(19-12)21-16-20-13-10-8-18-22-14(10)23(9-2-3-9)7-5-11(13)25-16/h4,6,8-9H,2-3,5,7H2,1H3,(H,18,22)(H,17,19,20,21). The molecular weight excluding hydrogens is 338 g/mol. The molecule has 1 aliphatic heterocycles. The van der Waals surface area contributed by atoms with E-state index < -0.39 is 0 Å². The Balaban J connectivity index is 1.48. The number of aromatic amines is 1. The van der Waals surface area contributed by atoms with Crippen molar-refractivity contribution in [2.75, 3.05) is 23.9 Å². The molecule has 0 spiro atoms. The third-order valence-corrected chi connectivity index (χ3v) is 5.51. The fourth-order valence-electron chi connectivity index (χ4n) is 3.15. The van der Waals surface area contributed by atoms with Crippen molar-refractivity contribution in [3.05, 3.63) is 23.3 Å². The van der Waals surface area contributed by atoms with Gasteiger partial charge in [0.2, 0.25) is 11.8 Å². The number of thiazole rings is 1. The van der Waals surface area contributed by atoms with E-state index in [-0.39, 0.29) is 0 Å². The molecule has 4 heterocycles. The predicted octanol–water partition coefficient (Wildman–Crippen LogP) is 2.60. The van der Waals surface area contributed by atoms with Crippen LogP contribution in [0.25, 0.3) is 11.3 Å². The van der Waals surface area contributed by atoms with Crippen LogP contribution in [0.4, 0.5) is 16.9 Å². The van der Waals surface area contributed by atoms with E-state index in [1.54, 1.807) is 30.7 Å². The average Bonchev–Trinajstić information content (AvgIpc) is 3.25. The first kappa shape index (κ1) is 14.6. The number of H-pyrrole nitrogens is 1. The van der Waals surface area contributed by atoms with Crippen molar-refractivity contribution in [2.45, 2.75) is 25.3 Å². The van der Waals surface area contributed by atoms with Crippen LogP contribution in [0.15, 0.2) is 18.5 Å². The maximum absolute atomic E-state index is 5.14. The van der Waals surface area contributed by atoms with Gasteiger partial charge in [0.25, 0.3) is 0 Å². The van der Waals surface area contributed by atoms with Crippen LogP contribution in [0, 0.1) is 0 Å². The van der Waals surface area contributed by atoms with Crippen molar-refractivity contribution < 1.29 is 4.74 Å². The summed E-state index contributed by atoms with van der Waals surface area (Å²) in [7, 11) is 1.59. The van der Waals surface area contributed by atoms with Gasteiger partial charge in [0, 0.05) is 36.1 Å². The summed E-state index contributed by atoms with van der Waals surface area (Å²) < 4.78 is 5.14. The molecule has 5 rings (SSSR count). The second-order valence-corrected chi connectivity index (χ2v) is 7.23. The van der Waals surface area contributed by atoms with Crippen LogP contribution in [-0.2, 0) is 6.42 Å². The normalized spacial score (nSPS) is 16.1. The highest BCUT2D eigenvalue weighted by Gasteiger charge is 2.34. The van der Waals surface area contributed by atoms with Crippen LogP contribution in [0.2, 0.25) is 0 Å². The van der Waals surface area contributed by atoms with Crippen LogP contribution >= 0.6 is 11.3 Å². The Morgan fingerprint density at radius 3 is 3.12 bits per heavy atom. The third kappa shape index (κ3) is 2.60. The van der Waals surface area contributed by atoms with Gasteiger partial charge in [-0.05, 0) is 12.8 Å². The Morgan fingerprint density at radius 2 is 2.28 bits per heavy atom. The topological polar surface area (TPSA) is 91.8 Å². The highest BCUT2D eigenvalue weighted by atomic mass is 32.1. The molecule has 1 aliphatic carbocycles. The molecule has 3 aromatic rings. The molecule has 2 N–H and O–H groups in total. The van der Waals surface area contributed by atoms with E-state index in [9.17, 15) is 0 Å². The molecular formula is C16H17N7OS. The summed E-state index contributed by atoms with van der Waals surface area (Å²) in [5.41, 5.74) is 2.08. The molecule has 25 heavy (non-hydrogen) atoms. The lowest BCUT2D eigenvalue weighted by Gasteiger charge is -2.21. The highest BCUT2D eigenvalue weighted by molar-refractivity contribution is 7.16. The molecule has 0 bridgehead atoms. The Morgan fingerprint density at radius 1 is 1.36 bits per heavy atom. The minimum atomic E-state index is 0.482. The summed E-state index contributed by atoms with van der Waals surface area (Å²) in [6, 6.07) is 2.36. The molecule has 0 saturated heterocycles. The zero-order valence-electron chi connectivity index (χ0n) is 13.7. The van der Waals surface area contributed by atoms with Crippen molar-refractivity contribution >= 4 is 28.2 Å². The molecule has 2 aliphatic rings. The number of methoxy groups -OCH3 is 1. The van der Waals surface area contributed by atoms with Crippen LogP contribution in [0.5, 0.6) is 5.88 Å². The Hall–Kier alpha value is -2.68. The number of fused-ring (bicyclic) bond motifs is 3. The summed E-state index contributed by atoms with van der Waals surface area (Å²) in [5, 5.41) is 11.4. The van der Waals surface area contributed by atoms with Crippen molar-refractivity contribution in [2.24, 2.45) is 0 Å². The predicted molar refractivity (Wildman–Crippen MR) is 95.6 cm³/mol. The first-order valence-corrected chi connectivity index (χ1v) is 9.07. The lowest BCUT2D eigenvalue weighted by Crippen LogP contribution is -2.27. The highest BCUT2D eigenvalue weighted by Crippen LogP contribution is 2.42. The molecule has 8 nitrogen and oxygen atoms in total. The number of nitrogens with zero attached hydrogens (tertiary/aromatic N) is 5. The largest absolute Gasteiger partial charge is 0.481 e. The monoisotopic (exact) mass is 355 g/mol. The van der Waals surface area contributed by atoms with Crippen molar-refractivity contribution in [3.63, 3.8) is 0 Å². The Bertz CT molecular complexity index is 917. The number of hydrogen-bond acceptors (Lipinski definition) is 8. The summed E-state index contributed by atoms with van der Waals surface area (Å²) in [6.07, 6.45) is 7.04. The second-order valence-electron chi connectivity index (χ2n) is 6.15. The zero-order chi connectivity index (χ0) is 16.8. The van der Waals surface area contributed by atoms with E-state index in [0.717, 1.165) is 35.2 Å². The number of anilines is 3. The summed E-state index contributed by atoms with van der Waals surface area (Å²) in [5.74, 6) is 2.10. The SMILES string of the molecule is COc1ccnc(Nc2nc3c(s2)CCN(C2CC2)c2[nH]ncc2-3)n1. The van der Waals surface area contributed by atoms with E-state index in [4.69, 9.17) is 9.72 Å². The summed E-state index contributed by atoms with van der Waals surface area (Å²) in [6.45, 7) is 0.990. The lowest BCUT2D eigenvalue weighted by atomic mass is 10.2. The number of ether oxygens (including phenoxy) is 1. The number of aromatic nitrogens is 5. The minimum Gasteiger partial charge on any atom is -0.481 e. The molecule has 0 unspecified atom stereocenters. The average molecular weight is 355 g/mol. The summed E-state index contributed by atoms with van der Waals surface area (Å²) >= 11 is 1.65. The third-order valence-electron chi connectivity index (χ3n) is 4.48. The van der Waals surface area contributed by atoms with E-state index in [0.29, 0.717) is 17.9 Å². The van der Waals surface area contributed by atoms with Gasteiger partial charge in [-0.3, -0.25) is 10.4 Å². The van der Waals surface area contributed by atoms with Crippen LogP contribution < -0.4 is 15.0 Å². The maximum Gasteiger partial charge on any atom is 0.232 e. The summed E-state index contributed by atoms with van der Waals surface area (Å²) in [4.78, 5) is 17.0. The van der Waals surface area contributed by atoms with Crippen molar-refractivity contribution in [3.8, 4) is 17.1 Å². The second kappa shape index (κ2) is 5.69. The molecule has 1 saturated carbocycles. The van der Waals surface area contributed by atoms with E-state index in [2.05, 4.69) is 30.4 Å². The number of rotatable bonds is 4. The first-order chi connectivity index (χ1) is 12.3. The molecule has 9 heteroatoms. The number of hydrogen-bond donors (Lipinski definition) is 2. The molecule has 0 radical (unpaired) electrons. The van der Waals surface area contributed by atoms with Gasteiger partial charge in [-0.25, -0.2) is 9.97 Å². The zero-order valence-corrected chi connectivity index (χ0v) is 14.5. The van der Waals surface area contributed by atoms with Crippen LogP contribution in [-0.4, -0.2) is 44.8 Å². The van der Waals surface area contributed by atoms with Crippen LogP contribution in [0.3, 0.4) is 0 Å². The quantitative estimate of drug-likeness (QED) is 0.743. The van der Waals surface area contributed by atoms with E-state index in [1.165, 1.54) is 17.7 Å². The Kier molecular flexibility index (Phi) is 3.34. The van der Waals surface area contributed by atoms with Gasteiger partial charge in [-0.15, -0.1) is 11.3 Å². The van der Waals surface area contributed by atoms with E-state index >= 15 is 0 Å². The van der Waals surface area contributed by atoms with Gasteiger partial charge < -0.3 is 9.64 Å². The number of nitrogens with one attached hydrogen (secondary N) is 2. The van der Waals surface area contributed by atoms with Gasteiger partial charge in [-0.2, -0.15) is 10.1 Å². The van der Waals surface area contributed by atoms with E-state index in [1.807, 2.05) is 6.20 Å². The lowest BCUT2D eigenvalue weighted by molar-refractivity contribution is 0.397. The van der Waals surface area contributed by atoms with Gasteiger partial charge in [0.1, 0.15) is 5.82 Å². The van der Waals surface area contributed by atoms with Gasteiger partial charge in [0.05, 0.1) is 24.6 Å². The van der Waals surface area contributed by atoms with Gasteiger partial charge in [-0.1, -0.05) is 0 Å². The van der Waals surface area contributed by atoms with Crippen molar-refractivity contribution in [1.29, 1.82) is 0 Å². The Labute approximate surface area is 148 Å². The van der Waals surface area contributed by atoms with Gasteiger partial charge in [0.15, 0.2) is 5.13 Å². The molecule has 3 aromatic heterocycles. The maximum atomic E-state index is 5.14. The molecule has 0 aromatic carbocycles.